The molecule has 27 heavy (non-hydrogen) atoms. The van der Waals surface area contributed by atoms with Gasteiger partial charge in [-0.05, 0) is 44.7 Å². The molecule has 1 aromatic heterocycles. The molecule has 1 unspecified atom stereocenters. The van der Waals surface area contributed by atoms with Crippen LogP contribution in [0.5, 0.6) is 0 Å². The van der Waals surface area contributed by atoms with Gasteiger partial charge in [-0.3, -0.25) is 4.79 Å². The van der Waals surface area contributed by atoms with E-state index in [-0.39, 0.29) is 17.9 Å². The lowest BCUT2D eigenvalue weighted by molar-refractivity contribution is -0.136. The number of nitrogens with zero attached hydrogens (tertiary/aromatic N) is 2. The Kier molecular flexibility index (Phi) is 6.37. The minimum absolute atomic E-state index is 0.0631. The molecule has 0 radical (unpaired) electrons. The summed E-state index contributed by atoms with van der Waals surface area (Å²) in [7, 11) is 0. The first-order chi connectivity index (χ1) is 13.1. The van der Waals surface area contributed by atoms with Crippen LogP contribution >= 0.6 is 0 Å². The predicted octanol–water partition coefficient (Wildman–Crippen LogP) is 3.00. The number of fused-ring (bicyclic) bond motifs is 1. The van der Waals surface area contributed by atoms with Gasteiger partial charge in [0.25, 0.3) is 0 Å². The van der Waals surface area contributed by atoms with Crippen molar-refractivity contribution in [2.75, 3.05) is 32.7 Å². The zero-order valence-corrected chi connectivity index (χ0v) is 16.3. The average molecular weight is 370 g/mol. The number of likely N-dealkylation sites (tertiary alicyclic amines) is 1. The maximum Gasteiger partial charge on any atom is 0.317 e. The van der Waals surface area contributed by atoms with Gasteiger partial charge in [-0.1, -0.05) is 18.2 Å². The Labute approximate surface area is 160 Å². The summed E-state index contributed by atoms with van der Waals surface area (Å²) >= 11 is 0. The van der Waals surface area contributed by atoms with E-state index < -0.39 is 0 Å². The topological polar surface area (TPSA) is 68.4 Å². The Hall–Kier alpha value is -2.50. The van der Waals surface area contributed by atoms with Crippen molar-refractivity contribution in [2.45, 2.75) is 33.1 Å². The number of para-hydroxylation sites is 1. The second-order valence-electron chi connectivity index (χ2n) is 7.14. The first-order valence-corrected chi connectivity index (χ1v) is 10.0. The third-order valence-corrected chi connectivity index (χ3v) is 5.48. The lowest BCUT2D eigenvalue weighted by atomic mass is 9.96. The van der Waals surface area contributed by atoms with Crippen LogP contribution in [-0.4, -0.2) is 59.4 Å². The van der Waals surface area contributed by atoms with Crippen LogP contribution in [0.4, 0.5) is 4.79 Å². The largest absolute Gasteiger partial charge is 0.361 e. The van der Waals surface area contributed by atoms with E-state index in [1.54, 1.807) is 4.90 Å². The van der Waals surface area contributed by atoms with E-state index in [4.69, 9.17) is 0 Å². The third kappa shape index (κ3) is 4.43. The van der Waals surface area contributed by atoms with Gasteiger partial charge < -0.3 is 20.1 Å². The summed E-state index contributed by atoms with van der Waals surface area (Å²) in [5, 5.41) is 4.22. The molecule has 3 amide bonds. The van der Waals surface area contributed by atoms with Gasteiger partial charge in [-0.25, -0.2) is 4.79 Å². The van der Waals surface area contributed by atoms with Crippen molar-refractivity contribution in [3.63, 3.8) is 0 Å². The van der Waals surface area contributed by atoms with E-state index in [1.807, 2.05) is 37.1 Å². The molecule has 1 saturated heterocycles. The average Bonchev–Trinajstić information content (AvgIpc) is 3.12. The molecule has 0 aliphatic carbocycles. The van der Waals surface area contributed by atoms with Gasteiger partial charge in [0.2, 0.25) is 5.91 Å². The number of hydrogen-bond donors (Lipinski definition) is 2. The van der Waals surface area contributed by atoms with E-state index in [2.05, 4.69) is 22.4 Å². The monoisotopic (exact) mass is 370 g/mol. The molecule has 0 spiro atoms. The van der Waals surface area contributed by atoms with E-state index in [0.29, 0.717) is 13.1 Å². The smallest absolute Gasteiger partial charge is 0.317 e. The molecule has 6 nitrogen and oxygen atoms in total. The van der Waals surface area contributed by atoms with E-state index >= 15 is 0 Å². The molecule has 1 aromatic carbocycles. The summed E-state index contributed by atoms with van der Waals surface area (Å²) in [4.78, 5) is 32.1. The summed E-state index contributed by atoms with van der Waals surface area (Å²) < 4.78 is 0. The molecule has 2 heterocycles. The van der Waals surface area contributed by atoms with Crippen molar-refractivity contribution < 1.29 is 9.59 Å². The Bertz CT molecular complexity index is 781. The molecule has 1 aliphatic rings. The van der Waals surface area contributed by atoms with Crippen LogP contribution < -0.4 is 5.32 Å². The molecule has 6 heteroatoms. The lowest BCUT2D eigenvalue weighted by Gasteiger charge is -2.34. The number of urea groups is 1. The maximum absolute atomic E-state index is 12.6. The lowest BCUT2D eigenvalue weighted by Crippen LogP contribution is -2.49. The molecule has 2 aromatic rings. The molecule has 1 atom stereocenters. The predicted molar refractivity (Wildman–Crippen MR) is 108 cm³/mol. The van der Waals surface area contributed by atoms with Gasteiger partial charge in [0.05, 0.1) is 5.92 Å². The number of amides is 3. The zero-order valence-electron chi connectivity index (χ0n) is 16.3. The van der Waals surface area contributed by atoms with Crippen molar-refractivity contribution >= 4 is 22.8 Å². The SMILES string of the molecule is CCN(CC)C(=O)C1CCCN(C(=O)NCCc2c[nH]c3ccccc23)C1. The van der Waals surface area contributed by atoms with Gasteiger partial charge >= 0.3 is 6.03 Å². The molecule has 1 fully saturated rings. The molecule has 0 saturated carbocycles. The Balaban J connectivity index is 1.51. The molecule has 2 N–H and O–H groups in total. The summed E-state index contributed by atoms with van der Waals surface area (Å²) in [6, 6.07) is 8.12. The van der Waals surface area contributed by atoms with Crippen LogP contribution in [-0.2, 0) is 11.2 Å². The maximum atomic E-state index is 12.6. The minimum Gasteiger partial charge on any atom is -0.361 e. The summed E-state index contributed by atoms with van der Waals surface area (Å²) in [6.07, 6.45) is 4.55. The van der Waals surface area contributed by atoms with Gasteiger partial charge in [0.1, 0.15) is 0 Å². The van der Waals surface area contributed by atoms with Crippen molar-refractivity contribution in [1.29, 1.82) is 0 Å². The second kappa shape index (κ2) is 8.93. The quantitative estimate of drug-likeness (QED) is 0.821. The van der Waals surface area contributed by atoms with Crippen molar-refractivity contribution in [1.82, 2.24) is 20.1 Å². The number of aromatic amines is 1. The summed E-state index contributed by atoms with van der Waals surface area (Å²) in [5.74, 6) is 0.106. The molecule has 1 aliphatic heterocycles. The number of carbonyl (C=O) groups excluding carboxylic acids is 2. The highest BCUT2D eigenvalue weighted by Crippen LogP contribution is 2.20. The number of H-pyrrole nitrogens is 1. The number of rotatable bonds is 6. The van der Waals surface area contributed by atoms with Crippen LogP contribution in [0.3, 0.4) is 0 Å². The highest BCUT2D eigenvalue weighted by molar-refractivity contribution is 5.83. The zero-order chi connectivity index (χ0) is 19.2. The van der Waals surface area contributed by atoms with Crippen molar-refractivity contribution in [3.05, 3.63) is 36.0 Å². The van der Waals surface area contributed by atoms with E-state index in [1.165, 1.54) is 10.9 Å². The van der Waals surface area contributed by atoms with Crippen LogP contribution in [0.15, 0.2) is 30.5 Å². The molecule has 0 bridgehead atoms. The van der Waals surface area contributed by atoms with Crippen molar-refractivity contribution in [3.8, 4) is 0 Å². The van der Waals surface area contributed by atoms with Gasteiger partial charge in [-0.2, -0.15) is 0 Å². The third-order valence-electron chi connectivity index (χ3n) is 5.48. The first-order valence-electron chi connectivity index (χ1n) is 10.0. The van der Waals surface area contributed by atoms with Gasteiger partial charge in [0.15, 0.2) is 0 Å². The minimum atomic E-state index is -0.0713. The van der Waals surface area contributed by atoms with E-state index in [9.17, 15) is 9.59 Å². The van der Waals surface area contributed by atoms with E-state index in [0.717, 1.165) is 44.4 Å². The standard InChI is InChI=1S/C21H30N4O2/c1-3-24(4-2)20(26)17-8-7-13-25(15-17)21(27)22-12-11-16-14-23-19-10-6-5-9-18(16)19/h5-6,9-10,14,17,23H,3-4,7-8,11-13,15H2,1-2H3,(H,22,27). The van der Waals surface area contributed by atoms with Gasteiger partial charge in [-0.15, -0.1) is 0 Å². The van der Waals surface area contributed by atoms with Crippen LogP contribution in [0, 0.1) is 5.92 Å². The van der Waals surface area contributed by atoms with Crippen molar-refractivity contribution in [2.24, 2.45) is 5.92 Å². The Morgan fingerprint density at radius 1 is 1.26 bits per heavy atom. The fourth-order valence-electron chi connectivity index (χ4n) is 3.91. The number of benzene rings is 1. The fraction of sp³-hybridized carbons (Fsp3) is 0.524. The number of piperidine rings is 1. The number of carbonyl (C=O) groups is 2. The first kappa shape index (κ1) is 19.3. The number of nitrogens with one attached hydrogen (secondary N) is 2. The van der Waals surface area contributed by atoms with Crippen LogP contribution in [0.25, 0.3) is 10.9 Å². The molecular weight excluding hydrogens is 340 g/mol. The van der Waals surface area contributed by atoms with Crippen LogP contribution in [0.1, 0.15) is 32.3 Å². The van der Waals surface area contributed by atoms with Crippen LogP contribution in [0.2, 0.25) is 0 Å². The number of hydrogen-bond acceptors (Lipinski definition) is 2. The fourth-order valence-corrected chi connectivity index (χ4v) is 3.91. The highest BCUT2D eigenvalue weighted by Gasteiger charge is 2.30. The molecule has 3 rings (SSSR count). The Morgan fingerprint density at radius 3 is 2.81 bits per heavy atom. The highest BCUT2D eigenvalue weighted by atomic mass is 16.2. The molecular formula is C21H30N4O2. The number of aromatic nitrogens is 1. The summed E-state index contributed by atoms with van der Waals surface area (Å²) in [6.45, 7) is 7.28. The summed E-state index contributed by atoms with van der Waals surface area (Å²) in [5.41, 5.74) is 2.33. The normalized spacial score (nSPS) is 17.1. The Morgan fingerprint density at radius 2 is 2.04 bits per heavy atom. The van der Waals surface area contributed by atoms with Gasteiger partial charge in [0, 0.05) is 49.8 Å². The second-order valence-corrected chi connectivity index (χ2v) is 7.14. The molecule has 146 valence electrons.